The number of benzene rings is 1. The molecule has 7 heteroatoms. The summed E-state index contributed by atoms with van der Waals surface area (Å²) in [5, 5.41) is 13.3. The Morgan fingerprint density at radius 2 is 2.08 bits per heavy atom. The van der Waals surface area contributed by atoms with Crippen molar-refractivity contribution in [2.24, 2.45) is 10.7 Å². The van der Waals surface area contributed by atoms with Crippen molar-refractivity contribution in [1.29, 1.82) is 0 Å². The van der Waals surface area contributed by atoms with Crippen LogP contribution in [0.4, 0.5) is 5.69 Å². The third-order valence-electron chi connectivity index (χ3n) is 3.63. The summed E-state index contributed by atoms with van der Waals surface area (Å²) >= 11 is 0. The van der Waals surface area contributed by atoms with Gasteiger partial charge in [-0.3, -0.25) is 0 Å². The largest absolute Gasteiger partial charge is 0.490 e. The average molecular weight is 331 g/mol. The first-order chi connectivity index (χ1) is 11.5. The number of aliphatic imine (C=N–C) groups is 1. The number of rotatable bonds is 4. The van der Waals surface area contributed by atoms with Crippen molar-refractivity contribution in [3.8, 4) is 11.5 Å². The van der Waals surface area contributed by atoms with Crippen molar-refractivity contribution < 1.29 is 19.0 Å². The molecular formula is C17H21N3O4. The van der Waals surface area contributed by atoms with E-state index in [0.717, 1.165) is 12.1 Å². The van der Waals surface area contributed by atoms with Gasteiger partial charge in [0.05, 0.1) is 26.0 Å². The highest BCUT2D eigenvalue weighted by atomic mass is 16.5. The van der Waals surface area contributed by atoms with E-state index in [1.807, 2.05) is 18.2 Å². The summed E-state index contributed by atoms with van der Waals surface area (Å²) in [5.74, 6) is 2.02. The Balaban J connectivity index is 1.66. The van der Waals surface area contributed by atoms with E-state index in [1.165, 1.54) is 6.26 Å². The van der Waals surface area contributed by atoms with Crippen LogP contribution in [0.1, 0.15) is 19.1 Å². The van der Waals surface area contributed by atoms with Crippen LogP contribution in [0, 0.1) is 0 Å². The molecule has 0 spiro atoms. The van der Waals surface area contributed by atoms with E-state index in [-0.39, 0.29) is 12.5 Å². The molecule has 0 bridgehead atoms. The van der Waals surface area contributed by atoms with Gasteiger partial charge in [0.25, 0.3) is 0 Å². The second-order valence-corrected chi connectivity index (χ2v) is 5.79. The Kier molecular flexibility index (Phi) is 4.61. The Morgan fingerprint density at radius 3 is 2.83 bits per heavy atom. The van der Waals surface area contributed by atoms with Crippen LogP contribution in [0.25, 0.3) is 0 Å². The van der Waals surface area contributed by atoms with Gasteiger partial charge in [0.15, 0.2) is 17.5 Å². The van der Waals surface area contributed by atoms with Crippen LogP contribution < -0.4 is 20.5 Å². The molecule has 0 saturated carbocycles. The first-order valence-electron chi connectivity index (χ1n) is 7.77. The summed E-state index contributed by atoms with van der Waals surface area (Å²) in [7, 11) is 0. The molecule has 4 N–H and O–H groups in total. The molecule has 1 atom stereocenters. The minimum Gasteiger partial charge on any atom is -0.490 e. The van der Waals surface area contributed by atoms with Gasteiger partial charge >= 0.3 is 0 Å². The maximum Gasteiger partial charge on any atom is 0.193 e. The molecule has 1 aliphatic heterocycles. The number of fused-ring (bicyclic) bond motifs is 1. The molecule has 0 radical (unpaired) electrons. The Morgan fingerprint density at radius 1 is 1.29 bits per heavy atom. The van der Waals surface area contributed by atoms with Crippen molar-refractivity contribution in [3.05, 3.63) is 42.4 Å². The molecule has 3 rings (SSSR count). The third-order valence-corrected chi connectivity index (χ3v) is 3.63. The number of anilines is 1. The summed E-state index contributed by atoms with van der Waals surface area (Å²) < 4.78 is 16.4. The molecule has 2 aromatic rings. The Bertz CT molecular complexity index is 711. The van der Waals surface area contributed by atoms with Crippen LogP contribution in [-0.2, 0) is 5.60 Å². The smallest absolute Gasteiger partial charge is 0.193 e. The van der Waals surface area contributed by atoms with Gasteiger partial charge in [-0.15, -0.1) is 0 Å². The van der Waals surface area contributed by atoms with Crippen LogP contribution in [0.15, 0.2) is 46.0 Å². The van der Waals surface area contributed by atoms with E-state index >= 15 is 0 Å². The maximum absolute atomic E-state index is 10.4. The molecule has 1 aromatic heterocycles. The molecule has 24 heavy (non-hydrogen) atoms. The lowest BCUT2D eigenvalue weighted by molar-refractivity contribution is 0.0438. The first kappa shape index (κ1) is 16.2. The van der Waals surface area contributed by atoms with E-state index in [2.05, 4.69) is 10.3 Å². The number of nitrogens with two attached hydrogens (primary N) is 1. The van der Waals surface area contributed by atoms with E-state index in [9.17, 15) is 5.11 Å². The quantitative estimate of drug-likeness (QED) is 0.585. The molecule has 1 aromatic carbocycles. The molecule has 7 nitrogen and oxygen atoms in total. The number of aliphatic hydroxyl groups is 1. The molecule has 0 saturated heterocycles. The van der Waals surface area contributed by atoms with Gasteiger partial charge in [0.2, 0.25) is 0 Å². The molecule has 128 valence electrons. The van der Waals surface area contributed by atoms with Crippen molar-refractivity contribution in [1.82, 2.24) is 0 Å². The zero-order valence-corrected chi connectivity index (χ0v) is 13.5. The normalized spacial score (nSPS) is 17.0. The van der Waals surface area contributed by atoms with Gasteiger partial charge in [-0.2, -0.15) is 0 Å². The standard InChI is InChI=1S/C17H21N3O4/c1-17(21,15-4-2-7-24-15)11-19-16(18)20-12-5-6-13-14(10-12)23-9-3-8-22-13/h2,4-7,10,21H,3,8-9,11H2,1H3,(H3,18,19,20). The average Bonchev–Trinajstić information content (AvgIpc) is 3.01. The number of furan rings is 1. The molecular weight excluding hydrogens is 310 g/mol. The van der Waals surface area contributed by atoms with Crippen molar-refractivity contribution in [3.63, 3.8) is 0 Å². The third kappa shape index (κ3) is 3.80. The monoisotopic (exact) mass is 331 g/mol. The van der Waals surface area contributed by atoms with Crippen LogP contribution >= 0.6 is 0 Å². The predicted octanol–water partition coefficient (Wildman–Crippen LogP) is 2.08. The first-order valence-corrected chi connectivity index (χ1v) is 7.77. The summed E-state index contributed by atoms with van der Waals surface area (Å²) in [4.78, 5) is 4.18. The van der Waals surface area contributed by atoms with Crippen LogP contribution in [0.3, 0.4) is 0 Å². The van der Waals surface area contributed by atoms with E-state index in [1.54, 1.807) is 19.1 Å². The predicted molar refractivity (Wildman–Crippen MR) is 90.4 cm³/mol. The summed E-state index contributed by atoms with van der Waals surface area (Å²) in [6.07, 6.45) is 2.36. The van der Waals surface area contributed by atoms with Gasteiger partial charge in [-0.25, -0.2) is 4.99 Å². The fraction of sp³-hybridized carbons (Fsp3) is 0.353. The van der Waals surface area contributed by atoms with Gasteiger partial charge in [-0.1, -0.05) is 0 Å². The highest BCUT2D eigenvalue weighted by molar-refractivity contribution is 5.92. The Hall–Kier alpha value is -2.67. The topological polar surface area (TPSA) is 102 Å². The van der Waals surface area contributed by atoms with Crippen molar-refractivity contribution >= 4 is 11.6 Å². The van der Waals surface area contributed by atoms with Crippen LogP contribution in [-0.4, -0.2) is 30.8 Å². The zero-order chi connectivity index (χ0) is 17.0. The van der Waals surface area contributed by atoms with E-state index in [4.69, 9.17) is 19.6 Å². The van der Waals surface area contributed by atoms with Gasteiger partial charge in [0, 0.05) is 18.2 Å². The highest BCUT2D eigenvalue weighted by Gasteiger charge is 2.25. The highest BCUT2D eigenvalue weighted by Crippen LogP contribution is 2.32. The molecule has 0 aliphatic carbocycles. The van der Waals surface area contributed by atoms with E-state index < -0.39 is 5.60 Å². The van der Waals surface area contributed by atoms with Crippen LogP contribution in [0.2, 0.25) is 0 Å². The molecule has 0 amide bonds. The number of nitrogens with one attached hydrogen (secondary N) is 1. The van der Waals surface area contributed by atoms with Gasteiger partial charge in [-0.05, 0) is 31.2 Å². The second-order valence-electron chi connectivity index (χ2n) is 5.79. The lowest BCUT2D eigenvalue weighted by Gasteiger charge is -2.18. The van der Waals surface area contributed by atoms with Crippen molar-refractivity contribution in [2.75, 3.05) is 25.1 Å². The van der Waals surface area contributed by atoms with Crippen molar-refractivity contribution in [2.45, 2.75) is 18.9 Å². The number of ether oxygens (including phenoxy) is 2. The number of nitrogens with zero attached hydrogens (tertiary/aromatic N) is 1. The minimum atomic E-state index is -1.22. The number of guanidine groups is 1. The molecule has 0 fully saturated rings. The SMILES string of the molecule is CC(O)(CN=C(N)Nc1ccc2c(c1)OCCCO2)c1ccco1. The summed E-state index contributed by atoms with van der Waals surface area (Å²) in [6.45, 7) is 2.96. The molecule has 1 unspecified atom stereocenters. The maximum atomic E-state index is 10.4. The second kappa shape index (κ2) is 6.84. The van der Waals surface area contributed by atoms with E-state index in [0.29, 0.717) is 30.5 Å². The number of hydrogen-bond donors (Lipinski definition) is 3. The fourth-order valence-electron chi connectivity index (χ4n) is 2.33. The molecule has 1 aliphatic rings. The lowest BCUT2D eigenvalue weighted by Crippen LogP contribution is -2.29. The van der Waals surface area contributed by atoms with Crippen LogP contribution in [0.5, 0.6) is 11.5 Å². The Labute approximate surface area is 140 Å². The fourth-order valence-corrected chi connectivity index (χ4v) is 2.33. The summed E-state index contributed by atoms with van der Waals surface area (Å²) in [6, 6.07) is 8.89. The minimum absolute atomic E-state index is 0.0733. The number of hydrogen-bond acceptors (Lipinski definition) is 5. The van der Waals surface area contributed by atoms with Gasteiger partial charge in [0.1, 0.15) is 11.4 Å². The zero-order valence-electron chi connectivity index (χ0n) is 13.5. The van der Waals surface area contributed by atoms with Gasteiger partial charge < -0.3 is 30.0 Å². The molecule has 2 heterocycles. The summed E-state index contributed by atoms with van der Waals surface area (Å²) in [5.41, 5.74) is 5.41. The lowest BCUT2D eigenvalue weighted by atomic mass is 10.0.